The summed E-state index contributed by atoms with van der Waals surface area (Å²) in [5.41, 5.74) is 0.253. The van der Waals surface area contributed by atoms with E-state index in [1.165, 1.54) is 0 Å². The van der Waals surface area contributed by atoms with Gasteiger partial charge in [0.2, 0.25) is 0 Å². The first-order chi connectivity index (χ1) is 12.2. The molecular weight excluding hydrogens is 316 g/mol. The summed E-state index contributed by atoms with van der Waals surface area (Å²) in [6, 6.07) is 15.6. The van der Waals surface area contributed by atoms with E-state index < -0.39 is 5.60 Å². The number of nitrogens with one attached hydrogen (secondary N) is 1. The Balaban J connectivity index is 2.00. The average Bonchev–Trinajstić information content (AvgIpc) is 3.19. The van der Waals surface area contributed by atoms with E-state index in [1.807, 2.05) is 62.4 Å². The Labute approximate surface area is 148 Å². The van der Waals surface area contributed by atoms with Crippen LogP contribution < -0.4 is 19.5 Å². The molecule has 1 aliphatic heterocycles. The van der Waals surface area contributed by atoms with Crippen molar-refractivity contribution in [1.29, 1.82) is 0 Å². The van der Waals surface area contributed by atoms with Crippen LogP contribution in [0.1, 0.15) is 19.4 Å². The van der Waals surface area contributed by atoms with Crippen molar-refractivity contribution >= 4 is 5.84 Å². The Hall–Kier alpha value is -2.69. The molecule has 0 saturated heterocycles. The first-order valence-corrected chi connectivity index (χ1v) is 8.51. The number of nitrogens with zero attached hydrogens (tertiary/aromatic N) is 1. The van der Waals surface area contributed by atoms with Gasteiger partial charge in [-0.3, -0.25) is 4.99 Å². The standard InChI is InChI=1S/C20H24N2O3/c1-4-24-17-7-5-6-8-18(17)25-20(2,19-21-13-14-22-19)15-9-11-16(23-3)12-10-15/h5-12H,4,13-14H2,1-3H3,(H,21,22). The second kappa shape index (κ2) is 7.47. The highest BCUT2D eigenvalue weighted by Crippen LogP contribution is 2.36. The Morgan fingerprint density at radius 1 is 1.08 bits per heavy atom. The molecule has 1 atom stereocenters. The summed E-state index contributed by atoms with van der Waals surface area (Å²) in [5.74, 6) is 3.05. The van der Waals surface area contributed by atoms with Gasteiger partial charge >= 0.3 is 0 Å². The number of ether oxygens (including phenoxy) is 3. The third-order valence-corrected chi connectivity index (χ3v) is 4.23. The number of benzene rings is 2. The van der Waals surface area contributed by atoms with Crippen LogP contribution in [-0.4, -0.2) is 32.6 Å². The fraction of sp³-hybridized carbons (Fsp3) is 0.350. The Morgan fingerprint density at radius 2 is 1.80 bits per heavy atom. The lowest BCUT2D eigenvalue weighted by molar-refractivity contribution is 0.150. The van der Waals surface area contributed by atoms with Gasteiger partial charge in [-0.25, -0.2) is 0 Å². The summed E-state index contributed by atoms with van der Waals surface area (Å²) >= 11 is 0. The van der Waals surface area contributed by atoms with E-state index in [1.54, 1.807) is 7.11 Å². The monoisotopic (exact) mass is 340 g/mol. The fourth-order valence-corrected chi connectivity index (χ4v) is 2.90. The van der Waals surface area contributed by atoms with Crippen LogP contribution in [0, 0.1) is 0 Å². The number of aliphatic imine (C=N–C) groups is 1. The first kappa shape index (κ1) is 17.1. The van der Waals surface area contributed by atoms with Crippen molar-refractivity contribution in [3.05, 3.63) is 54.1 Å². The van der Waals surface area contributed by atoms with Crippen LogP contribution in [0.15, 0.2) is 53.5 Å². The molecule has 25 heavy (non-hydrogen) atoms. The molecule has 0 saturated carbocycles. The second-order valence-electron chi connectivity index (χ2n) is 5.90. The van der Waals surface area contributed by atoms with E-state index in [2.05, 4.69) is 10.3 Å². The van der Waals surface area contributed by atoms with Gasteiger partial charge in [0.1, 0.15) is 11.6 Å². The predicted octanol–water partition coefficient (Wildman–Crippen LogP) is 3.39. The van der Waals surface area contributed by atoms with Gasteiger partial charge in [0, 0.05) is 12.1 Å². The zero-order valence-electron chi connectivity index (χ0n) is 14.9. The highest BCUT2D eigenvalue weighted by molar-refractivity contribution is 5.92. The number of hydrogen-bond acceptors (Lipinski definition) is 5. The van der Waals surface area contributed by atoms with Crippen LogP contribution in [0.25, 0.3) is 0 Å². The molecule has 5 nitrogen and oxygen atoms in total. The molecule has 0 aliphatic carbocycles. The predicted molar refractivity (Wildman–Crippen MR) is 98.9 cm³/mol. The molecule has 1 heterocycles. The molecule has 132 valence electrons. The molecule has 0 spiro atoms. The maximum Gasteiger partial charge on any atom is 0.188 e. The van der Waals surface area contributed by atoms with Crippen molar-refractivity contribution in [3.8, 4) is 17.2 Å². The van der Waals surface area contributed by atoms with Crippen LogP contribution in [0.2, 0.25) is 0 Å². The van der Waals surface area contributed by atoms with Gasteiger partial charge in [-0.15, -0.1) is 0 Å². The Kier molecular flexibility index (Phi) is 5.12. The van der Waals surface area contributed by atoms with Gasteiger partial charge in [0.25, 0.3) is 0 Å². The van der Waals surface area contributed by atoms with Crippen LogP contribution in [0.4, 0.5) is 0 Å². The zero-order chi connectivity index (χ0) is 17.7. The van der Waals surface area contributed by atoms with E-state index in [-0.39, 0.29) is 0 Å². The SMILES string of the molecule is CCOc1ccccc1OC(C)(C1=NCCN1)c1ccc(OC)cc1. The fourth-order valence-electron chi connectivity index (χ4n) is 2.90. The van der Waals surface area contributed by atoms with Crippen molar-refractivity contribution in [2.24, 2.45) is 4.99 Å². The third kappa shape index (κ3) is 3.55. The van der Waals surface area contributed by atoms with Crippen molar-refractivity contribution in [2.45, 2.75) is 19.4 Å². The molecular formula is C20H24N2O3. The molecule has 1 N–H and O–H groups in total. The first-order valence-electron chi connectivity index (χ1n) is 8.51. The van der Waals surface area contributed by atoms with Gasteiger partial charge < -0.3 is 19.5 Å². The molecule has 2 aromatic rings. The highest BCUT2D eigenvalue weighted by Gasteiger charge is 2.37. The molecule has 0 fully saturated rings. The Bertz CT molecular complexity index is 743. The number of amidine groups is 1. The highest BCUT2D eigenvalue weighted by atomic mass is 16.5. The summed E-state index contributed by atoms with van der Waals surface area (Å²) in [4.78, 5) is 4.61. The van der Waals surface area contributed by atoms with Crippen LogP contribution in [0.5, 0.6) is 17.2 Å². The molecule has 0 bridgehead atoms. The van der Waals surface area contributed by atoms with Crippen molar-refractivity contribution in [2.75, 3.05) is 26.8 Å². The van der Waals surface area contributed by atoms with Gasteiger partial charge in [0.15, 0.2) is 17.1 Å². The van der Waals surface area contributed by atoms with Crippen LogP contribution in [0.3, 0.4) is 0 Å². The summed E-state index contributed by atoms with van der Waals surface area (Å²) in [6.45, 7) is 6.13. The van der Waals surface area contributed by atoms with Gasteiger partial charge in [-0.1, -0.05) is 24.3 Å². The topological polar surface area (TPSA) is 52.1 Å². The normalized spacial score (nSPS) is 15.7. The molecule has 3 rings (SSSR count). The summed E-state index contributed by atoms with van der Waals surface area (Å²) in [5, 5.41) is 3.35. The van der Waals surface area contributed by atoms with Gasteiger partial charge in [-0.2, -0.15) is 0 Å². The van der Waals surface area contributed by atoms with E-state index in [9.17, 15) is 0 Å². The zero-order valence-corrected chi connectivity index (χ0v) is 14.9. The molecule has 2 aromatic carbocycles. The van der Waals surface area contributed by atoms with E-state index in [0.717, 1.165) is 36.0 Å². The molecule has 0 amide bonds. The number of rotatable bonds is 7. The molecule has 1 aliphatic rings. The van der Waals surface area contributed by atoms with Gasteiger partial charge in [0.05, 0.1) is 20.3 Å². The second-order valence-corrected chi connectivity index (χ2v) is 5.90. The lowest BCUT2D eigenvalue weighted by Crippen LogP contribution is -2.44. The molecule has 0 aromatic heterocycles. The van der Waals surface area contributed by atoms with Crippen molar-refractivity contribution < 1.29 is 14.2 Å². The largest absolute Gasteiger partial charge is 0.497 e. The summed E-state index contributed by atoms with van der Waals surface area (Å²) in [7, 11) is 1.66. The molecule has 0 radical (unpaired) electrons. The molecule has 5 heteroatoms. The minimum atomic E-state index is -0.740. The number of methoxy groups -OCH3 is 1. The van der Waals surface area contributed by atoms with E-state index in [4.69, 9.17) is 14.2 Å². The quantitative estimate of drug-likeness (QED) is 0.839. The van der Waals surface area contributed by atoms with Gasteiger partial charge in [-0.05, 0) is 38.1 Å². The lowest BCUT2D eigenvalue weighted by Gasteiger charge is -2.32. The smallest absolute Gasteiger partial charge is 0.188 e. The third-order valence-electron chi connectivity index (χ3n) is 4.23. The van der Waals surface area contributed by atoms with Crippen LogP contribution in [-0.2, 0) is 5.60 Å². The average molecular weight is 340 g/mol. The lowest BCUT2D eigenvalue weighted by atomic mass is 9.94. The number of para-hydroxylation sites is 2. The minimum absolute atomic E-state index is 0.582. The maximum atomic E-state index is 6.47. The minimum Gasteiger partial charge on any atom is -0.497 e. The maximum absolute atomic E-state index is 6.47. The van der Waals surface area contributed by atoms with E-state index >= 15 is 0 Å². The van der Waals surface area contributed by atoms with E-state index in [0.29, 0.717) is 12.4 Å². The molecule has 1 unspecified atom stereocenters. The Morgan fingerprint density at radius 3 is 2.40 bits per heavy atom. The van der Waals surface area contributed by atoms with Crippen molar-refractivity contribution in [3.63, 3.8) is 0 Å². The number of hydrogen-bond donors (Lipinski definition) is 1. The van der Waals surface area contributed by atoms with Crippen molar-refractivity contribution in [1.82, 2.24) is 5.32 Å². The summed E-state index contributed by atoms with van der Waals surface area (Å²) in [6.07, 6.45) is 0. The van der Waals surface area contributed by atoms with Crippen LogP contribution >= 0.6 is 0 Å². The summed E-state index contributed by atoms with van der Waals surface area (Å²) < 4.78 is 17.5.